The summed E-state index contributed by atoms with van der Waals surface area (Å²) in [6.07, 6.45) is 0.390. The molecule has 0 N–H and O–H groups in total. The third-order valence-electron chi connectivity index (χ3n) is 4.73. The van der Waals surface area contributed by atoms with E-state index in [1.165, 1.54) is 27.4 Å². The van der Waals surface area contributed by atoms with Crippen molar-refractivity contribution in [1.29, 1.82) is 0 Å². The Kier molecular flexibility index (Phi) is 5.56. The Morgan fingerprint density at radius 3 is 2.26 bits per heavy atom. The maximum Gasteiger partial charge on any atom is 0.243 e. The number of hydrogen-bond acceptors (Lipinski definition) is 5. The molecule has 0 bridgehead atoms. The predicted octanol–water partition coefficient (Wildman–Crippen LogP) is 0.198. The Hall–Kier alpha value is -2.33. The topological polar surface area (TPSA) is 95.1 Å². The number of sulfonamides is 1. The van der Waals surface area contributed by atoms with Gasteiger partial charge in [-0.05, 0) is 18.2 Å². The highest BCUT2D eigenvalue weighted by atomic mass is 32.2. The number of hydrogen-bond donors (Lipinski definition) is 0. The predicted molar refractivity (Wildman–Crippen MR) is 92.3 cm³/mol. The highest BCUT2D eigenvalue weighted by molar-refractivity contribution is 7.89. The SMILES string of the molecule is O=C(CCN1C(=O)CCC1=O)N1CCN(S(=O)(=O)c2cccc(F)c2)CC1. The molecule has 27 heavy (non-hydrogen) atoms. The third-order valence-corrected chi connectivity index (χ3v) is 6.62. The van der Waals surface area contributed by atoms with Crippen molar-refractivity contribution < 1.29 is 27.2 Å². The smallest absolute Gasteiger partial charge is 0.243 e. The van der Waals surface area contributed by atoms with E-state index in [9.17, 15) is 27.2 Å². The molecule has 8 nitrogen and oxygen atoms in total. The van der Waals surface area contributed by atoms with E-state index in [0.717, 1.165) is 11.0 Å². The van der Waals surface area contributed by atoms with Gasteiger partial charge < -0.3 is 4.90 Å². The minimum atomic E-state index is -3.82. The molecule has 1 aromatic rings. The zero-order valence-corrected chi connectivity index (χ0v) is 15.5. The summed E-state index contributed by atoms with van der Waals surface area (Å²) >= 11 is 0. The van der Waals surface area contributed by atoms with Crippen LogP contribution in [-0.4, -0.2) is 73.0 Å². The van der Waals surface area contributed by atoms with Gasteiger partial charge in [0.2, 0.25) is 27.7 Å². The minimum Gasteiger partial charge on any atom is -0.340 e. The first kappa shape index (κ1) is 19.4. The molecule has 0 radical (unpaired) electrons. The third kappa shape index (κ3) is 4.16. The molecule has 0 aromatic heterocycles. The summed E-state index contributed by atoms with van der Waals surface area (Å²) in [6.45, 7) is 0.668. The molecular formula is C17H20FN3O5S. The van der Waals surface area contributed by atoms with E-state index >= 15 is 0 Å². The summed E-state index contributed by atoms with van der Waals surface area (Å²) in [4.78, 5) is 37.9. The number of benzene rings is 1. The van der Waals surface area contributed by atoms with Crippen molar-refractivity contribution in [3.63, 3.8) is 0 Å². The first-order valence-corrected chi connectivity index (χ1v) is 10.1. The van der Waals surface area contributed by atoms with E-state index in [0.29, 0.717) is 0 Å². The number of rotatable bonds is 5. The number of amides is 3. The molecule has 2 fully saturated rings. The van der Waals surface area contributed by atoms with Crippen LogP contribution in [0.5, 0.6) is 0 Å². The van der Waals surface area contributed by atoms with Gasteiger partial charge >= 0.3 is 0 Å². The maximum absolute atomic E-state index is 13.3. The van der Waals surface area contributed by atoms with Crippen LogP contribution in [0.15, 0.2) is 29.2 Å². The number of carbonyl (C=O) groups excluding carboxylic acids is 3. The fourth-order valence-electron chi connectivity index (χ4n) is 3.19. The second kappa shape index (κ2) is 7.73. The number of carbonyl (C=O) groups is 3. The van der Waals surface area contributed by atoms with Crippen molar-refractivity contribution in [3.05, 3.63) is 30.1 Å². The molecule has 0 saturated carbocycles. The lowest BCUT2D eigenvalue weighted by molar-refractivity contribution is -0.139. The molecule has 0 aliphatic carbocycles. The highest BCUT2D eigenvalue weighted by Crippen LogP contribution is 2.19. The molecule has 0 atom stereocenters. The molecule has 0 unspecified atom stereocenters. The molecule has 2 saturated heterocycles. The van der Waals surface area contributed by atoms with Gasteiger partial charge in [-0.2, -0.15) is 4.31 Å². The van der Waals surface area contributed by atoms with Gasteiger partial charge in [0.25, 0.3) is 0 Å². The standard InChI is InChI=1S/C17H20FN3O5S/c18-13-2-1-3-14(12-13)27(25,26)20-10-8-19(9-11-20)15(22)6-7-21-16(23)4-5-17(21)24/h1-3,12H,4-11H2. The Morgan fingerprint density at radius 1 is 1.04 bits per heavy atom. The van der Waals surface area contributed by atoms with Crippen LogP contribution in [0.2, 0.25) is 0 Å². The lowest BCUT2D eigenvalue weighted by Gasteiger charge is -2.34. The van der Waals surface area contributed by atoms with Crippen LogP contribution in [0.3, 0.4) is 0 Å². The van der Waals surface area contributed by atoms with Crippen LogP contribution in [-0.2, 0) is 24.4 Å². The van der Waals surface area contributed by atoms with Gasteiger partial charge in [0.15, 0.2) is 0 Å². The largest absolute Gasteiger partial charge is 0.340 e. The number of halogens is 1. The van der Waals surface area contributed by atoms with E-state index in [4.69, 9.17) is 0 Å². The Labute approximate surface area is 156 Å². The van der Waals surface area contributed by atoms with Crippen molar-refractivity contribution in [2.24, 2.45) is 0 Å². The van der Waals surface area contributed by atoms with Crippen LogP contribution >= 0.6 is 0 Å². The van der Waals surface area contributed by atoms with Crippen molar-refractivity contribution in [2.45, 2.75) is 24.2 Å². The van der Waals surface area contributed by atoms with Crippen molar-refractivity contribution in [3.8, 4) is 0 Å². The summed E-state index contributed by atoms with van der Waals surface area (Å²) in [5.74, 6) is -1.39. The Bertz CT molecular complexity index is 849. The van der Waals surface area contributed by atoms with Crippen LogP contribution in [0, 0.1) is 5.82 Å². The Morgan fingerprint density at radius 2 is 1.67 bits per heavy atom. The van der Waals surface area contributed by atoms with E-state index < -0.39 is 15.8 Å². The Balaban J connectivity index is 1.54. The molecule has 2 aliphatic heterocycles. The van der Waals surface area contributed by atoms with Gasteiger partial charge in [-0.15, -0.1) is 0 Å². The van der Waals surface area contributed by atoms with E-state index in [1.54, 1.807) is 0 Å². The van der Waals surface area contributed by atoms with Crippen LogP contribution in [0.1, 0.15) is 19.3 Å². The lowest BCUT2D eigenvalue weighted by atomic mass is 10.3. The van der Waals surface area contributed by atoms with Gasteiger partial charge in [-0.1, -0.05) is 6.07 Å². The number of piperazine rings is 1. The first-order chi connectivity index (χ1) is 12.8. The average molecular weight is 397 g/mol. The maximum atomic E-state index is 13.3. The molecule has 146 valence electrons. The number of likely N-dealkylation sites (tertiary alicyclic amines) is 1. The summed E-state index contributed by atoms with van der Waals surface area (Å²) in [6, 6.07) is 4.81. The van der Waals surface area contributed by atoms with Crippen molar-refractivity contribution in [2.75, 3.05) is 32.7 Å². The van der Waals surface area contributed by atoms with Gasteiger partial charge in [-0.25, -0.2) is 12.8 Å². The zero-order chi connectivity index (χ0) is 19.6. The van der Waals surface area contributed by atoms with Crippen LogP contribution in [0.25, 0.3) is 0 Å². The molecule has 2 heterocycles. The quantitative estimate of drug-likeness (QED) is 0.662. The summed E-state index contributed by atoms with van der Waals surface area (Å²) in [5.41, 5.74) is 0. The fourth-order valence-corrected chi connectivity index (χ4v) is 4.65. The molecule has 1 aromatic carbocycles. The van der Waals surface area contributed by atoms with Crippen molar-refractivity contribution in [1.82, 2.24) is 14.1 Å². The van der Waals surface area contributed by atoms with Gasteiger partial charge in [0.05, 0.1) is 4.90 Å². The second-order valence-corrected chi connectivity index (χ2v) is 8.37. The van der Waals surface area contributed by atoms with Crippen molar-refractivity contribution >= 4 is 27.7 Å². The van der Waals surface area contributed by atoms with Gasteiger partial charge in [-0.3, -0.25) is 19.3 Å². The van der Waals surface area contributed by atoms with E-state index in [1.807, 2.05) is 0 Å². The fraction of sp³-hybridized carbons (Fsp3) is 0.471. The average Bonchev–Trinajstić information content (AvgIpc) is 2.97. The number of nitrogens with zero attached hydrogens (tertiary/aromatic N) is 3. The molecule has 0 spiro atoms. The van der Waals surface area contributed by atoms with Crippen LogP contribution in [0.4, 0.5) is 4.39 Å². The first-order valence-electron chi connectivity index (χ1n) is 8.66. The lowest BCUT2D eigenvalue weighted by Crippen LogP contribution is -2.51. The molecular weight excluding hydrogens is 377 g/mol. The molecule has 3 rings (SSSR count). The normalized spacial score (nSPS) is 19.0. The molecule has 3 amide bonds. The zero-order valence-electron chi connectivity index (χ0n) is 14.6. The van der Waals surface area contributed by atoms with Gasteiger partial charge in [0, 0.05) is 52.0 Å². The summed E-state index contributed by atoms with van der Waals surface area (Å²) < 4.78 is 39.7. The van der Waals surface area contributed by atoms with Gasteiger partial charge in [0.1, 0.15) is 5.82 Å². The van der Waals surface area contributed by atoms with Crippen LogP contribution < -0.4 is 0 Å². The number of imide groups is 1. The monoisotopic (exact) mass is 397 g/mol. The minimum absolute atomic E-state index is 0.0220. The summed E-state index contributed by atoms with van der Waals surface area (Å²) in [7, 11) is -3.82. The molecule has 10 heteroatoms. The summed E-state index contributed by atoms with van der Waals surface area (Å²) in [5, 5.41) is 0. The second-order valence-electron chi connectivity index (χ2n) is 6.43. The molecule has 2 aliphatic rings. The highest BCUT2D eigenvalue weighted by Gasteiger charge is 2.32. The van der Waals surface area contributed by atoms with E-state index in [2.05, 4.69) is 0 Å². The van der Waals surface area contributed by atoms with E-state index in [-0.39, 0.29) is 74.6 Å².